The van der Waals surface area contributed by atoms with Crippen molar-refractivity contribution in [3.05, 3.63) is 24.1 Å². The number of nitrogens with zero attached hydrogens (tertiary/aromatic N) is 2. The predicted molar refractivity (Wildman–Crippen MR) is 71.2 cm³/mol. The number of nitrogens with one attached hydrogen (secondary N) is 1. The van der Waals surface area contributed by atoms with E-state index < -0.39 is 6.10 Å². The van der Waals surface area contributed by atoms with E-state index in [0.29, 0.717) is 36.1 Å². The summed E-state index contributed by atoms with van der Waals surface area (Å²) in [6.07, 6.45) is 0.0460. The number of hydrogen-bond acceptors (Lipinski definition) is 6. The predicted octanol–water partition coefficient (Wildman–Crippen LogP) is 0.957. The van der Waals surface area contributed by atoms with Crippen molar-refractivity contribution in [1.82, 2.24) is 10.1 Å². The van der Waals surface area contributed by atoms with E-state index in [0.717, 1.165) is 5.56 Å². The Bertz CT molecular complexity index is 653. The van der Waals surface area contributed by atoms with Crippen molar-refractivity contribution in [1.29, 1.82) is 0 Å². The van der Waals surface area contributed by atoms with Gasteiger partial charge in [0, 0.05) is 18.5 Å². The number of aromatic nitrogens is 2. The molecular weight excluding hydrogens is 260 g/mol. The number of amides is 1. The highest BCUT2D eigenvalue weighted by Gasteiger charge is 2.24. The normalized spacial score (nSPS) is 17.3. The highest BCUT2D eigenvalue weighted by Crippen LogP contribution is 2.33. The first-order valence-corrected chi connectivity index (χ1v) is 6.32. The van der Waals surface area contributed by atoms with Crippen LogP contribution in [0.2, 0.25) is 0 Å². The smallest absolute Gasteiger partial charge is 0.265 e. The fraction of sp³-hybridized carbons (Fsp3) is 0.308. The fourth-order valence-electron chi connectivity index (χ4n) is 1.94. The van der Waals surface area contributed by atoms with Crippen LogP contribution < -0.4 is 15.8 Å². The van der Waals surface area contributed by atoms with Gasteiger partial charge in [0.05, 0.1) is 5.69 Å². The average Bonchev–Trinajstić information content (AvgIpc) is 2.89. The number of carbonyl (C=O) groups excluding carboxylic acids is 1. The summed E-state index contributed by atoms with van der Waals surface area (Å²) < 4.78 is 10.6. The van der Waals surface area contributed by atoms with Gasteiger partial charge < -0.3 is 20.3 Å². The van der Waals surface area contributed by atoms with E-state index in [1.807, 2.05) is 6.07 Å². The molecule has 1 amide bonds. The Hall–Kier alpha value is -2.41. The molecule has 1 atom stereocenters. The quantitative estimate of drug-likeness (QED) is 0.864. The van der Waals surface area contributed by atoms with Crippen LogP contribution in [-0.2, 0) is 11.2 Å². The van der Waals surface area contributed by atoms with Gasteiger partial charge >= 0.3 is 0 Å². The molecule has 1 aliphatic rings. The molecule has 7 nitrogen and oxygen atoms in total. The molecule has 0 saturated carbocycles. The van der Waals surface area contributed by atoms with Crippen molar-refractivity contribution in [2.45, 2.75) is 19.4 Å². The SMILES string of the molecule is CC1Oc2ccc(-c3noc(CCN)n3)cc2NC1=O. The number of carbonyl (C=O) groups is 1. The van der Waals surface area contributed by atoms with Crippen molar-refractivity contribution in [3.8, 4) is 17.1 Å². The van der Waals surface area contributed by atoms with Crippen LogP contribution in [0, 0.1) is 0 Å². The second-order valence-corrected chi connectivity index (χ2v) is 4.51. The summed E-state index contributed by atoms with van der Waals surface area (Å²) in [4.78, 5) is 15.8. The van der Waals surface area contributed by atoms with Gasteiger partial charge in [0.15, 0.2) is 6.10 Å². The van der Waals surface area contributed by atoms with Crippen LogP contribution in [-0.4, -0.2) is 28.7 Å². The minimum absolute atomic E-state index is 0.174. The minimum Gasteiger partial charge on any atom is -0.479 e. The van der Waals surface area contributed by atoms with Gasteiger partial charge in [-0.25, -0.2) is 0 Å². The summed E-state index contributed by atoms with van der Waals surface area (Å²) in [6.45, 7) is 2.15. The molecule has 7 heteroatoms. The van der Waals surface area contributed by atoms with Crippen molar-refractivity contribution in [2.75, 3.05) is 11.9 Å². The topological polar surface area (TPSA) is 103 Å². The summed E-state index contributed by atoms with van der Waals surface area (Å²) in [5.74, 6) is 1.41. The van der Waals surface area contributed by atoms with Gasteiger partial charge in [0.1, 0.15) is 5.75 Å². The monoisotopic (exact) mass is 274 g/mol. The average molecular weight is 274 g/mol. The standard InChI is InChI=1S/C13H14N4O3/c1-7-13(18)15-9-6-8(2-3-10(9)19-7)12-16-11(4-5-14)20-17-12/h2-3,6-7H,4-5,14H2,1H3,(H,15,18). The van der Waals surface area contributed by atoms with Crippen LogP contribution in [0.3, 0.4) is 0 Å². The highest BCUT2D eigenvalue weighted by atomic mass is 16.5. The number of anilines is 1. The Morgan fingerprint density at radius 1 is 1.45 bits per heavy atom. The number of fused-ring (bicyclic) bond motifs is 1. The van der Waals surface area contributed by atoms with E-state index in [1.54, 1.807) is 19.1 Å². The molecule has 0 fully saturated rings. The van der Waals surface area contributed by atoms with Crippen LogP contribution in [0.25, 0.3) is 11.4 Å². The first kappa shape index (κ1) is 12.6. The maximum atomic E-state index is 11.6. The molecular formula is C13H14N4O3. The largest absolute Gasteiger partial charge is 0.479 e. The molecule has 0 radical (unpaired) electrons. The van der Waals surface area contributed by atoms with Gasteiger partial charge in [0.25, 0.3) is 5.91 Å². The lowest BCUT2D eigenvalue weighted by atomic mass is 10.1. The maximum absolute atomic E-state index is 11.6. The lowest BCUT2D eigenvalue weighted by molar-refractivity contribution is -0.122. The number of benzene rings is 1. The molecule has 0 aliphatic carbocycles. The Morgan fingerprint density at radius 3 is 3.10 bits per heavy atom. The number of ether oxygens (including phenoxy) is 1. The molecule has 3 N–H and O–H groups in total. The Kier molecular flexibility index (Phi) is 3.11. The summed E-state index contributed by atoms with van der Waals surface area (Å²) in [5, 5.41) is 6.67. The second-order valence-electron chi connectivity index (χ2n) is 4.51. The van der Waals surface area contributed by atoms with E-state index in [9.17, 15) is 4.79 Å². The number of nitrogens with two attached hydrogens (primary N) is 1. The zero-order valence-electron chi connectivity index (χ0n) is 10.9. The van der Waals surface area contributed by atoms with Crippen LogP contribution >= 0.6 is 0 Å². The van der Waals surface area contributed by atoms with Crippen molar-refractivity contribution >= 4 is 11.6 Å². The van der Waals surface area contributed by atoms with E-state index in [1.165, 1.54) is 0 Å². The van der Waals surface area contributed by atoms with Crippen molar-refractivity contribution in [3.63, 3.8) is 0 Å². The zero-order chi connectivity index (χ0) is 14.1. The van der Waals surface area contributed by atoms with Gasteiger partial charge in [-0.1, -0.05) is 5.16 Å². The third kappa shape index (κ3) is 2.23. The molecule has 104 valence electrons. The summed E-state index contributed by atoms with van der Waals surface area (Å²) in [7, 11) is 0. The van der Waals surface area contributed by atoms with Crippen molar-refractivity contribution < 1.29 is 14.1 Å². The van der Waals surface area contributed by atoms with Gasteiger partial charge in [-0.15, -0.1) is 0 Å². The molecule has 20 heavy (non-hydrogen) atoms. The van der Waals surface area contributed by atoms with Crippen LogP contribution in [0.5, 0.6) is 5.75 Å². The van der Waals surface area contributed by atoms with Crippen LogP contribution in [0.4, 0.5) is 5.69 Å². The maximum Gasteiger partial charge on any atom is 0.265 e. The molecule has 2 aromatic rings. The molecule has 0 bridgehead atoms. The Balaban J connectivity index is 1.91. The van der Waals surface area contributed by atoms with Crippen molar-refractivity contribution in [2.24, 2.45) is 5.73 Å². The first-order valence-electron chi connectivity index (χ1n) is 6.32. The van der Waals surface area contributed by atoms with Gasteiger partial charge in [-0.2, -0.15) is 4.98 Å². The van der Waals surface area contributed by atoms with Crippen LogP contribution in [0.15, 0.2) is 22.7 Å². The summed E-state index contributed by atoms with van der Waals surface area (Å²) >= 11 is 0. The second kappa shape index (κ2) is 4.93. The highest BCUT2D eigenvalue weighted by molar-refractivity contribution is 5.98. The molecule has 1 aromatic carbocycles. The number of hydrogen-bond donors (Lipinski definition) is 2. The third-order valence-corrected chi connectivity index (χ3v) is 2.99. The lowest BCUT2D eigenvalue weighted by Gasteiger charge is -2.23. The fourth-order valence-corrected chi connectivity index (χ4v) is 1.94. The molecule has 1 aromatic heterocycles. The molecule has 1 aliphatic heterocycles. The first-order chi connectivity index (χ1) is 9.67. The van der Waals surface area contributed by atoms with Gasteiger partial charge in [-0.3, -0.25) is 4.79 Å². The summed E-state index contributed by atoms with van der Waals surface area (Å²) in [6, 6.07) is 5.36. The van der Waals surface area contributed by atoms with Gasteiger partial charge in [-0.05, 0) is 25.1 Å². The van der Waals surface area contributed by atoms with Gasteiger partial charge in [0.2, 0.25) is 11.7 Å². The van der Waals surface area contributed by atoms with E-state index in [2.05, 4.69) is 15.5 Å². The molecule has 0 saturated heterocycles. The van der Waals surface area contributed by atoms with E-state index in [4.69, 9.17) is 15.0 Å². The molecule has 1 unspecified atom stereocenters. The lowest BCUT2D eigenvalue weighted by Crippen LogP contribution is -2.34. The van der Waals surface area contributed by atoms with E-state index >= 15 is 0 Å². The molecule has 2 heterocycles. The van der Waals surface area contributed by atoms with Crippen LogP contribution in [0.1, 0.15) is 12.8 Å². The number of rotatable bonds is 3. The van der Waals surface area contributed by atoms with E-state index in [-0.39, 0.29) is 5.91 Å². The molecule has 3 rings (SSSR count). The Labute approximate surface area is 115 Å². The molecule has 0 spiro atoms. The zero-order valence-corrected chi connectivity index (χ0v) is 10.9. The minimum atomic E-state index is -0.491. The Morgan fingerprint density at radius 2 is 2.30 bits per heavy atom. The third-order valence-electron chi connectivity index (χ3n) is 2.99. The summed E-state index contributed by atoms with van der Waals surface area (Å²) in [5.41, 5.74) is 6.79.